The number of fused-ring (bicyclic) bond motifs is 1. The van der Waals surface area contributed by atoms with Gasteiger partial charge in [-0.3, -0.25) is 9.20 Å². The summed E-state index contributed by atoms with van der Waals surface area (Å²) in [6, 6.07) is 15.0. The molecule has 0 saturated heterocycles. The van der Waals surface area contributed by atoms with Gasteiger partial charge in [0.05, 0.1) is 11.3 Å². The van der Waals surface area contributed by atoms with Crippen LogP contribution in [0.15, 0.2) is 77.7 Å². The number of benzene rings is 2. The number of nitrogens with one attached hydrogen (secondary N) is 2. The fourth-order valence-corrected chi connectivity index (χ4v) is 3.19. The second-order valence-corrected chi connectivity index (χ2v) is 7.49. The van der Waals surface area contributed by atoms with E-state index in [4.69, 9.17) is 4.74 Å². The third-order valence-corrected chi connectivity index (χ3v) is 4.81. The number of carbonyl (C=O) groups is 1. The first-order chi connectivity index (χ1) is 16.2. The van der Waals surface area contributed by atoms with Gasteiger partial charge in [-0.05, 0) is 61.0 Å². The topological polar surface area (TPSA) is 84.7 Å². The second-order valence-electron chi connectivity index (χ2n) is 7.49. The van der Waals surface area contributed by atoms with Gasteiger partial charge in [0, 0.05) is 23.6 Å². The molecule has 0 aliphatic heterocycles. The van der Waals surface area contributed by atoms with Gasteiger partial charge in [0.2, 0.25) is 0 Å². The van der Waals surface area contributed by atoms with Crippen LogP contribution in [0.3, 0.4) is 0 Å². The molecular formula is C24H19F3N4O3. The predicted octanol–water partition coefficient (Wildman–Crippen LogP) is 5.24. The Kier molecular flexibility index (Phi) is 6.22. The summed E-state index contributed by atoms with van der Waals surface area (Å²) < 4.78 is 45.5. The van der Waals surface area contributed by atoms with E-state index in [1.807, 2.05) is 13.0 Å². The number of ether oxygens (including phenoxy) is 1. The summed E-state index contributed by atoms with van der Waals surface area (Å²) in [5.74, 6) is 0.481. The van der Waals surface area contributed by atoms with Crippen molar-refractivity contribution < 1.29 is 22.7 Å². The van der Waals surface area contributed by atoms with E-state index in [0.29, 0.717) is 22.8 Å². The quantitative estimate of drug-likeness (QED) is 0.419. The van der Waals surface area contributed by atoms with Gasteiger partial charge in [-0.1, -0.05) is 12.1 Å². The Balaban J connectivity index is 1.35. The lowest BCUT2D eigenvalue weighted by atomic mass is 10.2. The number of anilines is 2. The van der Waals surface area contributed by atoms with Crippen molar-refractivity contribution in [1.29, 1.82) is 0 Å². The molecule has 2 aromatic heterocycles. The Morgan fingerprint density at radius 1 is 1.00 bits per heavy atom. The van der Waals surface area contributed by atoms with Gasteiger partial charge in [0.1, 0.15) is 18.0 Å². The van der Waals surface area contributed by atoms with Crippen LogP contribution in [0.2, 0.25) is 0 Å². The van der Waals surface area contributed by atoms with E-state index in [1.54, 1.807) is 36.5 Å². The van der Waals surface area contributed by atoms with Crippen LogP contribution in [0.5, 0.6) is 5.75 Å². The van der Waals surface area contributed by atoms with Gasteiger partial charge in [-0.2, -0.15) is 13.2 Å². The van der Waals surface area contributed by atoms with E-state index < -0.39 is 17.8 Å². The van der Waals surface area contributed by atoms with Gasteiger partial charge >= 0.3 is 12.2 Å². The summed E-state index contributed by atoms with van der Waals surface area (Å²) in [5, 5.41) is 4.90. The van der Waals surface area contributed by atoms with E-state index >= 15 is 0 Å². The van der Waals surface area contributed by atoms with Crippen molar-refractivity contribution in [1.82, 2.24) is 9.38 Å². The van der Waals surface area contributed by atoms with Crippen molar-refractivity contribution in [2.75, 3.05) is 10.6 Å². The molecule has 0 spiro atoms. The van der Waals surface area contributed by atoms with Crippen LogP contribution in [0, 0.1) is 6.92 Å². The zero-order valence-corrected chi connectivity index (χ0v) is 17.9. The molecule has 34 heavy (non-hydrogen) atoms. The third kappa shape index (κ3) is 5.52. The average Bonchev–Trinajstić information content (AvgIpc) is 2.79. The molecule has 174 valence electrons. The smallest absolute Gasteiger partial charge is 0.416 e. The molecule has 2 amide bonds. The average molecular weight is 468 g/mol. The standard InChI is InChI=1S/C24H19F3N4O3/c1-15-5-10-21-28-19(12-22(32)31(21)13-15)14-34-20-8-6-17(7-9-20)29-23(33)30-18-4-2-3-16(11-18)24(25,26)27/h2-13H,14H2,1H3,(H2,29,30,33). The molecule has 4 rings (SSSR count). The van der Waals surface area contributed by atoms with Crippen LogP contribution in [-0.4, -0.2) is 15.4 Å². The molecule has 2 N–H and O–H groups in total. The second kappa shape index (κ2) is 9.26. The van der Waals surface area contributed by atoms with Crippen LogP contribution in [0.1, 0.15) is 16.8 Å². The van der Waals surface area contributed by atoms with E-state index in [-0.39, 0.29) is 17.9 Å². The van der Waals surface area contributed by atoms with Crippen molar-refractivity contribution in [3.05, 3.63) is 100 Å². The maximum atomic E-state index is 12.8. The van der Waals surface area contributed by atoms with Gasteiger partial charge in [0.15, 0.2) is 0 Å². The van der Waals surface area contributed by atoms with Crippen molar-refractivity contribution >= 4 is 23.1 Å². The number of carbonyl (C=O) groups excluding carboxylic acids is 1. The van der Waals surface area contributed by atoms with Crippen molar-refractivity contribution in [3.8, 4) is 5.75 Å². The maximum absolute atomic E-state index is 12.8. The van der Waals surface area contributed by atoms with Crippen LogP contribution in [0.4, 0.5) is 29.3 Å². The summed E-state index contributed by atoms with van der Waals surface area (Å²) in [4.78, 5) is 28.8. The lowest BCUT2D eigenvalue weighted by molar-refractivity contribution is -0.137. The number of urea groups is 1. The monoisotopic (exact) mass is 468 g/mol. The molecule has 0 saturated carbocycles. The molecule has 0 radical (unpaired) electrons. The number of aryl methyl sites for hydroxylation is 1. The molecule has 0 bridgehead atoms. The largest absolute Gasteiger partial charge is 0.487 e. The molecule has 7 nitrogen and oxygen atoms in total. The summed E-state index contributed by atoms with van der Waals surface area (Å²) >= 11 is 0. The molecule has 2 aromatic carbocycles. The van der Waals surface area contributed by atoms with Crippen LogP contribution >= 0.6 is 0 Å². The van der Waals surface area contributed by atoms with Gasteiger partial charge in [-0.25, -0.2) is 9.78 Å². The van der Waals surface area contributed by atoms with Crippen molar-refractivity contribution in [3.63, 3.8) is 0 Å². The zero-order chi connectivity index (χ0) is 24.3. The predicted molar refractivity (Wildman–Crippen MR) is 121 cm³/mol. The van der Waals surface area contributed by atoms with Gasteiger partial charge < -0.3 is 15.4 Å². The lowest BCUT2D eigenvalue weighted by Gasteiger charge is -2.11. The lowest BCUT2D eigenvalue weighted by Crippen LogP contribution is -2.19. The van der Waals surface area contributed by atoms with E-state index in [0.717, 1.165) is 17.7 Å². The Morgan fingerprint density at radius 2 is 1.74 bits per heavy atom. The first kappa shape index (κ1) is 22.8. The third-order valence-electron chi connectivity index (χ3n) is 4.81. The number of hydrogen-bond acceptors (Lipinski definition) is 4. The number of aromatic nitrogens is 2. The SMILES string of the molecule is Cc1ccc2nc(COc3ccc(NC(=O)Nc4cccc(C(F)(F)F)c4)cc3)cc(=O)n2c1. The molecular weight excluding hydrogens is 449 g/mol. The van der Waals surface area contributed by atoms with E-state index in [9.17, 15) is 22.8 Å². The highest BCUT2D eigenvalue weighted by Crippen LogP contribution is 2.30. The fraction of sp³-hybridized carbons (Fsp3) is 0.125. The Bertz CT molecular complexity index is 1400. The van der Waals surface area contributed by atoms with E-state index in [1.165, 1.54) is 22.6 Å². The minimum absolute atomic E-state index is 0.0150. The minimum atomic E-state index is -4.50. The highest BCUT2D eigenvalue weighted by molar-refractivity contribution is 5.99. The van der Waals surface area contributed by atoms with Crippen LogP contribution < -0.4 is 20.9 Å². The van der Waals surface area contributed by atoms with Crippen molar-refractivity contribution in [2.24, 2.45) is 0 Å². The number of pyridine rings is 1. The van der Waals surface area contributed by atoms with Crippen molar-refractivity contribution in [2.45, 2.75) is 19.7 Å². The molecule has 10 heteroatoms. The molecule has 0 aliphatic rings. The number of amides is 2. The summed E-state index contributed by atoms with van der Waals surface area (Å²) in [7, 11) is 0. The molecule has 0 unspecified atom stereocenters. The van der Waals surface area contributed by atoms with Crippen LogP contribution in [-0.2, 0) is 12.8 Å². The van der Waals surface area contributed by atoms with Gasteiger partial charge in [0.25, 0.3) is 5.56 Å². The van der Waals surface area contributed by atoms with E-state index in [2.05, 4.69) is 15.6 Å². The number of alkyl halides is 3. The number of hydrogen-bond donors (Lipinski definition) is 2. The first-order valence-corrected chi connectivity index (χ1v) is 10.1. The Hall–Kier alpha value is -4.34. The Labute approximate surface area is 191 Å². The zero-order valence-electron chi connectivity index (χ0n) is 17.9. The fourth-order valence-electron chi connectivity index (χ4n) is 3.19. The normalized spacial score (nSPS) is 11.3. The Morgan fingerprint density at radius 3 is 2.47 bits per heavy atom. The highest BCUT2D eigenvalue weighted by atomic mass is 19.4. The molecule has 2 heterocycles. The number of nitrogens with zero attached hydrogens (tertiary/aromatic N) is 2. The van der Waals surface area contributed by atoms with Crippen LogP contribution in [0.25, 0.3) is 5.65 Å². The first-order valence-electron chi connectivity index (χ1n) is 10.1. The molecule has 0 aliphatic carbocycles. The molecule has 0 atom stereocenters. The summed E-state index contributed by atoms with van der Waals surface area (Å²) in [6.07, 6.45) is -2.79. The highest BCUT2D eigenvalue weighted by Gasteiger charge is 2.30. The number of halogens is 3. The van der Waals surface area contributed by atoms with Gasteiger partial charge in [-0.15, -0.1) is 0 Å². The molecule has 0 fully saturated rings. The minimum Gasteiger partial charge on any atom is -0.487 e. The summed E-state index contributed by atoms with van der Waals surface area (Å²) in [5.41, 5.74) is 1.29. The number of rotatable bonds is 5. The maximum Gasteiger partial charge on any atom is 0.416 e. The molecule has 4 aromatic rings. The summed E-state index contributed by atoms with van der Waals surface area (Å²) in [6.45, 7) is 1.96.